The van der Waals surface area contributed by atoms with E-state index in [0.29, 0.717) is 10.8 Å². The van der Waals surface area contributed by atoms with Crippen molar-refractivity contribution in [2.24, 2.45) is 5.73 Å². The maximum absolute atomic E-state index is 6.46. The van der Waals surface area contributed by atoms with Gasteiger partial charge < -0.3 is 10.5 Å². The van der Waals surface area contributed by atoms with Crippen LogP contribution in [0.15, 0.2) is 24.3 Å². The molecule has 1 heterocycles. The summed E-state index contributed by atoms with van der Waals surface area (Å²) in [6.45, 7) is 9.02. The van der Waals surface area contributed by atoms with Gasteiger partial charge in [0.15, 0.2) is 0 Å². The molecule has 2 rings (SSSR count). The van der Waals surface area contributed by atoms with Crippen molar-refractivity contribution in [1.82, 2.24) is 4.90 Å². The van der Waals surface area contributed by atoms with Crippen LogP contribution in [0, 0.1) is 0 Å². The Hall–Kier alpha value is -0.710. The first-order valence-corrected chi connectivity index (χ1v) is 8.73. The molecular formula is C17H28N2OS. The van der Waals surface area contributed by atoms with E-state index >= 15 is 0 Å². The van der Waals surface area contributed by atoms with Gasteiger partial charge in [0, 0.05) is 35.7 Å². The highest BCUT2D eigenvalue weighted by atomic mass is 32.2. The van der Waals surface area contributed by atoms with Crippen molar-refractivity contribution < 1.29 is 4.74 Å². The molecule has 2 atom stereocenters. The quantitative estimate of drug-likeness (QED) is 0.906. The van der Waals surface area contributed by atoms with E-state index in [1.165, 1.54) is 11.3 Å². The maximum Gasteiger partial charge on any atom is 0.118 e. The number of thioether (sulfide) groups is 1. The second-order valence-electron chi connectivity index (χ2n) is 6.37. The number of hydrogen-bond acceptors (Lipinski definition) is 4. The third kappa shape index (κ3) is 4.15. The molecule has 0 amide bonds. The smallest absolute Gasteiger partial charge is 0.118 e. The predicted octanol–water partition coefficient (Wildman–Crippen LogP) is 3.30. The molecule has 2 N–H and O–H groups in total. The van der Waals surface area contributed by atoms with Crippen LogP contribution in [0.4, 0.5) is 0 Å². The van der Waals surface area contributed by atoms with Crippen molar-refractivity contribution >= 4 is 11.8 Å². The van der Waals surface area contributed by atoms with E-state index in [1.54, 1.807) is 7.11 Å². The lowest BCUT2D eigenvalue weighted by molar-refractivity contribution is 0.161. The average molecular weight is 308 g/mol. The Morgan fingerprint density at radius 2 is 2.00 bits per heavy atom. The van der Waals surface area contributed by atoms with Crippen LogP contribution >= 0.6 is 11.8 Å². The summed E-state index contributed by atoms with van der Waals surface area (Å²) in [5, 5.41) is 0. The molecular weight excluding hydrogens is 280 g/mol. The second kappa shape index (κ2) is 7.03. The van der Waals surface area contributed by atoms with E-state index in [2.05, 4.69) is 49.6 Å². The maximum atomic E-state index is 6.46. The van der Waals surface area contributed by atoms with Crippen LogP contribution in [0.3, 0.4) is 0 Å². The zero-order chi connectivity index (χ0) is 15.5. The summed E-state index contributed by atoms with van der Waals surface area (Å²) < 4.78 is 5.57. The molecule has 0 aromatic heterocycles. The topological polar surface area (TPSA) is 38.5 Å². The molecule has 0 radical (unpaired) electrons. The Labute approximate surface area is 133 Å². The van der Waals surface area contributed by atoms with Crippen molar-refractivity contribution in [3.8, 4) is 5.75 Å². The van der Waals surface area contributed by atoms with Crippen molar-refractivity contribution in [2.45, 2.75) is 44.0 Å². The first-order valence-electron chi connectivity index (χ1n) is 7.74. The monoisotopic (exact) mass is 308 g/mol. The summed E-state index contributed by atoms with van der Waals surface area (Å²) in [5.74, 6) is 2.08. The largest absolute Gasteiger partial charge is 0.497 e. The van der Waals surface area contributed by atoms with Crippen molar-refractivity contribution in [3.05, 3.63) is 29.8 Å². The zero-order valence-corrected chi connectivity index (χ0v) is 14.5. The second-order valence-corrected chi connectivity index (χ2v) is 8.17. The normalized spacial score (nSPS) is 21.8. The minimum absolute atomic E-state index is 0.164. The van der Waals surface area contributed by atoms with Crippen LogP contribution in [0.25, 0.3) is 0 Å². The van der Waals surface area contributed by atoms with Gasteiger partial charge in [-0.1, -0.05) is 19.1 Å². The minimum atomic E-state index is 0.164. The Balaban J connectivity index is 2.24. The highest BCUT2D eigenvalue weighted by molar-refractivity contribution is 8.00. The van der Waals surface area contributed by atoms with Crippen molar-refractivity contribution in [3.63, 3.8) is 0 Å². The summed E-state index contributed by atoms with van der Waals surface area (Å²) in [6, 6.07) is 8.85. The molecule has 1 saturated heterocycles. The molecule has 0 aliphatic carbocycles. The van der Waals surface area contributed by atoms with E-state index in [1.807, 2.05) is 12.1 Å². The summed E-state index contributed by atoms with van der Waals surface area (Å²) in [5.41, 5.74) is 7.76. The molecule has 1 aliphatic rings. The number of hydrogen-bond donors (Lipinski definition) is 1. The van der Waals surface area contributed by atoms with Gasteiger partial charge in [-0.05, 0) is 38.0 Å². The van der Waals surface area contributed by atoms with Gasteiger partial charge in [0.1, 0.15) is 5.75 Å². The number of methoxy groups -OCH3 is 1. The number of benzene rings is 1. The Bertz CT molecular complexity index is 447. The fraction of sp³-hybridized carbons (Fsp3) is 0.647. The summed E-state index contributed by atoms with van der Waals surface area (Å²) in [4.78, 5) is 2.56. The van der Waals surface area contributed by atoms with Gasteiger partial charge in [-0.25, -0.2) is 0 Å². The van der Waals surface area contributed by atoms with Crippen LogP contribution in [0.1, 0.15) is 38.8 Å². The van der Waals surface area contributed by atoms with Gasteiger partial charge in [0.05, 0.1) is 7.11 Å². The van der Waals surface area contributed by atoms with E-state index < -0.39 is 0 Å². The lowest BCUT2D eigenvalue weighted by Gasteiger charge is -2.44. The van der Waals surface area contributed by atoms with Crippen LogP contribution in [0.2, 0.25) is 0 Å². The third-order valence-corrected chi connectivity index (χ3v) is 5.48. The SMILES string of the molecule is CCC(N)C(c1ccc(OC)cc1)N1CCSC(C)(C)C1. The average Bonchev–Trinajstić information content (AvgIpc) is 2.47. The number of nitrogens with two attached hydrogens (primary N) is 1. The molecule has 21 heavy (non-hydrogen) atoms. The number of nitrogens with zero attached hydrogens (tertiary/aromatic N) is 1. The highest BCUT2D eigenvalue weighted by Gasteiger charge is 2.33. The lowest BCUT2D eigenvalue weighted by atomic mass is 9.95. The van der Waals surface area contributed by atoms with Crippen LogP contribution in [-0.2, 0) is 0 Å². The first-order chi connectivity index (χ1) is 9.96. The van der Waals surface area contributed by atoms with E-state index in [9.17, 15) is 0 Å². The standard InChI is InChI=1S/C17H28N2OS/c1-5-15(18)16(13-6-8-14(20-4)9-7-13)19-10-11-21-17(2,3)12-19/h6-9,15-16H,5,10-12,18H2,1-4H3. The number of rotatable bonds is 5. The molecule has 3 nitrogen and oxygen atoms in total. The molecule has 0 bridgehead atoms. The fourth-order valence-corrected chi connectivity index (χ4v) is 4.18. The van der Waals surface area contributed by atoms with E-state index in [4.69, 9.17) is 10.5 Å². The molecule has 4 heteroatoms. The third-order valence-electron chi connectivity index (χ3n) is 4.18. The summed E-state index contributed by atoms with van der Waals surface area (Å²) in [6.07, 6.45) is 0.987. The minimum Gasteiger partial charge on any atom is -0.497 e. The van der Waals surface area contributed by atoms with Gasteiger partial charge in [-0.3, -0.25) is 4.90 Å². The molecule has 0 saturated carbocycles. The van der Waals surface area contributed by atoms with E-state index in [-0.39, 0.29) is 6.04 Å². The molecule has 1 fully saturated rings. The zero-order valence-electron chi connectivity index (χ0n) is 13.6. The van der Waals surface area contributed by atoms with E-state index in [0.717, 1.165) is 25.3 Å². The van der Waals surface area contributed by atoms with Crippen molar-refractivity contribution in [1.29, 1.82) is 0 Å². The van der Waals surface area contributed by atoms with Gasteiger partial charge >= 0.3 is 0 Å². The van der Waals surface area contributed by atoms with Crippen LogP contribution in [-0.4, -0.2) is 41.6 Å². The molecule has 2 unspecified atom stereocenters. The Morgan fingerprint density at radius 3 is 2.52 bits per heavy atom. The van der Waals surface area contributed by atoms with Gasteiger partial charge in [-0.15, -0.1) is 0 Å². The molecule has 1 aromatic rings. The number of ether oxygens (including phenoxy) is 1. The predicted molar refractivity (Wildman–Crippen MR) is 92.1 cm³/mol. The molecule has 1 aromatic carbocycles. The Morgan fingerprint density at radius 1 is 1.33 bits per heavy atom. The first kappa shape index (κ1) is 16.7. The van der Waals surface area contributed by atoms with Gasteiger partial charge in [0.2, 0.25) is 0 Å². The summed E-state index contributed by atoms with van der Waals surface area (Å²) in [7, 11) is 1.70. The molecule has 1 aliphatic heterocycles. The van der Waals surface area contributed by atoms with Crippen LogP contribution in [0.5, 0.6) is 5.75 Å². The lowest BCUT2D eigenvalue weighted by Crippen LogP contribution is -2.49. The molecule has 118 valence electrons. The van der Waals surface area contributed by atoms with Crippen LogP contribution < -0.4 is 10.5 Å². The van der Waals surface area contributed by atoms with Crippen molar-refractivity contribution in [2.75, 3.05) is 26.0 Å². The summed E-state index contributed by atoms with van der Waals surface area (Å²) >= 11 is 2.06. The fourth-order valence-electron chi connectivity index (χ4n) is 3.04. The Kier molecular flexibility index (Phi) is 5.58. The van der Waals surface area contributed by atoms with Gasteiger partial charge in [0.25, 0.3) is 0 Å². The molecule has 0 spiro atoms. The van der Waals surface area contributed by atoms with Gasteiger partial charge in [-0.2, -0.15) is 11.8 Å². The highest BCUT2D eigenvalue weighted by Crippen LogP contribution is 2.35.